The Morgan fingerprint density at radius 3 is 2.25 bits per heavy atom. The summed E-state index contributed by atoms with van der Waals surface area (Å²) in [5.41, 5.74) is 2.50. The van der Waals surface area contributed by atoms with Crippen LogP contribution in [-0.4, -0.2) is 11.1 Å². The molecule has 0 spiro atoms. The highest BCUT2D eigenvalue weighted by Gasteiger charge is 2.14. The lowest BCUT2D eigenvalue weighted by Crippen LogP contribution is -2.07. The van der Waals surface area contributed by atoms with E-state index in [1.165, 1.54) is 0 Å². The Morgan fingerprint density at radius 1 is 1.19 bits per heavy atom. The SMILES string of the molecule is CCCc1c(S)ccc(C(=O)O)c1CCC. The van der Waals surface area contributed by atoms with E-state index < -0.39 is 5.97 Å². The van der Waals surface area contributed by atoms with E-state index in [1.807, 2.05) is 0 Å². The van der Waals surface area contributed by atoms with Crippen LogP contribution in [0.15, 0.2) is 17.0 Å². The fourth-order valence-corrected chi connectivity index (χ4v) is 2.27. The van der Waals surface area contributed by atoms with Gasteiger partial charge >= 0.3 is 5.97 Å². The molecule has 0 unspecified atom stereocenters. The summed E-state index contributed by atoms with van der Waals surface area (Å²) in [5.74, 6) is -0.839. The van der Waals surface area contributed by atoms with Crippen LogP contribution in [0.25, 0.3) is 0 Å². The van der Waals surface area contributed by atoms with Crippen LogP contribution in [0.2, 0.25) is 0 Å². The summed E-state index contributed by atoms with van der Waals surface area (Å²) in [6.45, 7) is 4.16. The fourth-order valence-electron chi connectivity index (χ4n) is 1.95. The van der Waals surface area contributed by atoms with Gasteiger partial charge in [0.2, 0.25) is 0 Å². The van der Waals surface area contributed by atoms with E-state index in [4.69, 9.17) is 5.11 Å². The van der Waals surface area contributed by atoms with Crippen molar-refractivity contribution in [2.75, 3.05) is 0 Å². The molecular formula is C13H18O2S. The lowest BCUT2D eigenvalue weighted by molar-refractivity contribution is 0.0695. The molecule has 0 bridgehead atoms. The molecule has 0 aliphatic carbocycles. The Balaban J connectivity index is 3.30. The molecule has 0 saturated carbocycles. The van der Waals surface area contributed by atoms with Crippen molar-refractivity contribution in [1.29, 1.82) is 0 Å². The zero-order valence-corrected chi connectivity index (χ0v) is 10.7. The summed E-state index contributed by atoms with van der Waals surface area (Å²) in [5, 5.41) is 9.15. The van der Waals surface area contributed by atoms with Crippen molar-refractivity contribution < 1.29 is 9.90 Å². The summed E-state index contributed by atoms with van der Waals surface area (Å²) in [6.07, 6.45) is 3.67. The molecule has 1 N–H and O–H groups in total. The zero-order valence-electron chi connectivity index (χ0n) is 9.79. The number of carbonyl (C=O) groups is 1. The van der Waals surface area contributed by atoms with E-state index in [2.05, 4.69) is 26.5 Å². The molecule has 0 saturated heterocycles. The predicted octanol–water partition coefficient (Wildman–Crippen LogP) is 3.58. The first-order valence-electron chi connectivity index (χ1n) is 5.68. The van der Waals surface area contributed by atoms with Crippen LogP contribution in [-0.2, 0) is 12.8 Å². The van der Waals surface area contributed by atoms with E-state index in [1.54, 1.807) is 12.1 Å². The standard InChI is InChI=1S/C13H18O2S/c1-3-5-9-10(6-4-2)12(16)8-7-11(9)13(14)15/h7-8,16H,3-6H2,1-2H3,(H,14,15). The molecule has 16 heavy (non-hydrogen) atoms. The number of carboxylic acids is 1. The second kappa shape index (κ2) is 5.94. The third-order valence-electron chi connectivity index (χ3n) is 2.64. The highest BCUT2D eigenvalue weighted by Crippen LogP contribution is 2.25. The second-order valence-electron chi connectivity index (χ2n) is 3.89. The number of aromatic carboxylic acids is 1. The molecule has 0 radical (unpaired) electrons. The zero-order chi connectivity index (χ0) is 12.1. The van der Waals surface area contributed by atoms with Crippen molar-refractivity contribution in [3.8, 4) is 0 Å². The summed E-state index contributed by atoms with van der Waals surface area (Å²) >= 11 is 4.42. The van der Waals surface area contributed by atoms with Gasteiger partial charge in [0, 0.05) is 4.90 Å². The third kappa shape index (κ3) is 2.79. The first-order chi connectivity index (χ1) is 7.61. The van der Waals surface area contributed by atoms with Crippen LogP contribution in [0.4, 0.5) is 0 Å². The van der Waals surface area contributed by atoms with Gasteiger partial charge in [0.05, 0.1) is 5.56 Å². The Hall–Kier alpha value is -0.960. The number of thiol groups is 1. The van der Waals surface area contributed by atoms with Gasteiger partial charge in [0.1, 0.15) is 0 Å². The second-order valence-corrected chi connectivity index (χ2v) is 4.38. The summed E-state index contributed by atoms with van der Waals surface area (Å²) in [6, 6.07) is 3.45. The molecule has 0 aliphatic heterocycles. The topological polar surface area (TPSA) is 37.3 Å². The first kappa shape index (κ1) is 13.1. The van der Waals surface area contributed by atoms with Crippen molar-refractivity contribution >= 4 is 18.6 Å². The van der Waals surface area contributed by atoms with Gasteiger partial charge < -0.3 is 5.11 Å². The average molecular weight is 238 g/mol. The lowest BCUT2D eigenvalue weighted by Gasteiger charge is -2.13. The highest BCUT2D eigenvalue weighted by atomic mass is 32.1. The molecule has 1 aromatic rings. The molecule has 0 aromatic heterocycles. The summed E-state index contributed by atoms with van der Waals surface area (Å²) in [7, 11) is 0. The number of rotatable bonds is 5. The van der Waals surface area contributed by atoms with Gasteiger partial charge in [-0.25, -0.2) is 4.79 Å². The number of hydrogen-bond donors (Lipinski definition) is 2. The van der Waals surface area contributed by atoms with Crippen LogP contribution >= 0.6 is 12.6 Å². The molecular weight excluding hydrogens is 220 g/mol. The van der Waals surface area contributed by atoms with Gasteiger partial charge in [-0.2, -0.15) is 0 Å². The molecule has 0 fully saturated rings. The Kier molecular flexibility index (Phi) is 4.87. The molecule has 88 valence electrons. The smallest absolute Gasteiger partial charge is 0.335 e. The first-order valence-corrected chi connectivity index (χ1v) is 6.13. The largest absolute Gasteiger partial charge is 0.478 e. The van der Waals surface area contributed by atoms with Gasteiger partial charge in [-0.1, -0.05) is 26.7 Å². The Morgan fingerprint density at radius 2 is 1.75 bits per heavy atom. The van der Waals surface area contributed by atoms with Crippen molar-refractivity contribution in [2.45, 2.75) is 44.4 Å². The number of carboxylic acid groups (broad SMARTS) is 1. The molecule has 0 aliphatic rings. The van der Waals surface area contributed by atoms with Gasteiger partial charge in [0.15, 0.2) is 0 Å². The van der Waals surface area contributed by atoms with Gasteiger partial charge in [-0.3, -0.25) is 0 Å². The number of benzene rings is 1. The minimum absolute atomic E-state index is 0.433. The van der Waals surface area contributed by atoms with Crippen LogP contribution in [0.3, 0.4) is 0 Å². The highest BCUT2D eigenvalue weighted by molar-refractivity contribution is 7.80. The van der Waals surface area contributed by atoms with Gasteiger partial charge in [-0.05, 0) is 36.1 Å². The van der Waals surface area contributed by atoms with E-state index >= 15 is 0 Å². The maximum absolute atomic E-state index is 11.1. The third-order valence-corrected chi connectivity index (χ3v) is 3.06. The van der Waals surface area contributed by atoms with E-state index in [-0.39, 0.29) is 0 Å². The molecule has 1 aromatic carbocycles. The summed E-state index contributed by atoms with van der Waals surface area (Å²) in [4.78, 5) is 12.1. The minimum Gasteiger partial charge on any atom is -0.478 e. The number of hydrogen-bond acceptors (Lipinski definition) is 2. The van der Waals surface area contributed by atoms with Crippen molar-refractivity contribution in [3.63, 3.8) is 0 Å². The molecule has 0 amide bonds. The molecule has 1 rings (SSSR count). The van der Waals surface area contributed by atoms with Crippen molar-refractivity contribution in [1.82, 2.24) is 0 Å². The van der Waals surface area contributed by atoms with Crippen LogP contribution in [0.1, 0.15) is 48.2 Å². The average Bonchev–Trinajstić information content (AvgIpc) is 2.23. The fraction of sp³-hybridized carbons (Fsp3) is 0.462. The normalized spacial score (nSPS) is 10.4. The minimum atomic E-state index is -0.839. The van der Waals surface area contributed by atoms with Crippen LogP contribution < -0.4 is 0 Å². The monoisotopic (exact) mass is 238 g/mol. The van der Waals surface area contributed by atoms with Crippen LogP contribution in [0, 0.1) is 0 Å². The maximum atomic E-state index is 11.1. The van der Waals surface area contributed by atoms with E-state index in [9.17, 15) is 4.79 Å². The molecule has 3 heteroatoms. The van der Waals surface area contributed by atoms with E-state index in [0.717, 1.165) is 41.7 Å². The van der Waals surface area contributed by atoms with Crippen molar-refractivity contribution in [2.24, 2.45) is 0 Å². The lowest BCUT2D eigenvalue weighted by atomic mass is 9.94. The Bertz CT molecular complexity index is 386. The van der Waals surface area contributed by atoms with Crippen molar-refractivity contribution in [3.05, 3.63) is 28.8 Å². The van der Waals surface area contributed by atoms with Gasteiger partial charge in [0.25, 0.3) is 0 Å². The summed E-state index contributed by atoms with van der Waals surface area (Å²) < 4.78 is 0. The van der Waals surface area contributed by atoms with Gasteiger partial charge in [-0.15, -0.1) is 12.6 Å². The predicted molar refractivity (Wildman–Crippen MR) is 68.6 cm³/mol. The Labute approximate surface area is 102 Å². The molecule has 0 heterocycles. The molecule has 0 atom stereocenters. The molecule has 2 nitrogen and oxygen atoms in total. The van der Waals surface area contributed by atoms with Crippen LogP contribution in [0.5, 0.6) is 0 Å². The maximum Gasteiger partial charge on any atom is 0.335 e. The van der Waals surface area contributed by atoms with E-state index in [0.29, 0.717) is 5.56 Å². The quantitative estimate of drug-likeness (QED) is 0.769.